The van der Waals surface area contributed by atoms with Crippen molar-refractivity contribution in [2.75, 3.05) is 0 Å². The third-order valence-corrected chi connectivity index (χ3v) is 12.1. The summed E-state index contributed by atoms with van der Waals surface area (Å²) in [4.78, 5) is 0. The van der Waals surface area contributed by atoms with Gasteiger partial charge in [-0.2, -0.15) is 0 Å². The third kappa shape index (κ3) is 3.74. The van der Waals surface area contributed by atoms with Crippen LogP contribution in [0.5, 0.6) is 0 Å². The van der Waals surface area contributed by atoms with Crippen LogP contribution in [-0.4, -0.2) is 36.6 Å². The molecular formula is C33H44B2O4. The summed E-state index contributed by atoms with van der Waals surface area (Å²) in [5.41, 5.74) is 4.58. The van der Waals surface area contributed by atoms with Gasteiger partial charge in [0.1, 0.15) is 0 Å². The first-order chi connectivity index (χ1) is 18.2. The van der Waals surface area contributed by atoms with E-state index in [2.05, 4.69) is 104 Å². The highest BCUT2D eigenvalue weighted by Crippen LogP contribution is 2.71. The molecule has 4 saturated carbocycles. The van der Waals surface area contributed by atoms with Crippen molar-refractivity contribution in [1.82, 2.24) is 0 Å². The highest BCUT2D eigenvalue weighted by atomic mass is 16.7. The zero-order chi connectivity index (χ0) is 27.6. The van der Waals surface area contributed by atoms with E-state index in [0.717, 1.165) is 22.8 Å². The zero-order valence-electron chi connectivity index (χ0n) is 25.1. The van der Waals surface area contributed by atoms with Crippen molar-refractivity contribution < 1.29 is 18.6 Å². The Hall–Kier alpha value is -1.59. The molecule has 0 N–H and O–H groups in total. The van der Waals surface area contributed by atoms with Gasteiger partial charge in [-0.05, 0) is 132 Å². The molecule has 2 aliphatic heterocycles. The monoisotopic (exact) mass is 526 g/mol. The molecule has 6 fully saturated rings. The molecule has 6 aliphatic rings. The topological polar surface area (TPSA) is 36.9 Å². The molecule has 8 rings (SSSR count). The van der Waals surface area contributed by atoms with Crippen LogP contribution in [-0.2, 0) is 29.4 Å². The van der Waals surface area contributed by atoms with Crippen LogP contribution in [0.15, 0.2) is 48.5 Å². The molecule has 4 bridgehead atoms. The van der Waals surface area contributed by atoms with Crippen molar-refractivity contribution in [3.05, 3.63) is 59.7 Å². The van der Waals surface area contributed by atoms with Gasteiger partial charge in [0, 0.05) is 0 Å². The molecule has 6 heteroatoms. The van der Waals surface area contributed by atoms with Gasteiger partial charge in [-0.1, -0.05) is 48.5 Å². The summed E-state index contributed by atoms with van der Waals surface area (Å²) < 4.78 is 25.3. The molecule has 4 nitrogen and oxygen atoms in total. The van der Waals surface area contributed by atoms with Gasteiger partial charge < -0.3 is 18.6 Å². The Balaban J connectivity index is 1.13. The zero-order valence-corrected chi connectivity index (χ0v) is 25.1. The second-order valence-corrected chi connectivity index (χ2v) is 15.4. The van der Waals surface area contributed by atoms with E-state index in [4.69, 9.17) is 18.6 Å². The van der Waals surface area contributed by atoms with Gasteiger partial charge in [0.2, 0.25) is 0 Å². The Morgan fingerprint density at radius 1 is 0.564 bits per heavy atom. The normalized spacial score (nSPS) is 36.7. The molecule has 0 aromatic heterocycles. The minimum absolute atomic E-state index is 0.282. The fourth-order valence-electron chi connectivity index (χ4n) is 8.62. The van der Waals surface area contributed by atoms with Gasteiger partial charge in [0.15, 0.2) is 0 Å². The fraction of sp³-hybridized carbons (Fsp3) is 0.636. The predicted molar refractivity (Wildman–Crippen MR) is 158 cm³/mol. The first kappa shape index (κ1) is 26.3. The lowest BCUT2D eigenvalue weighted by atomic mass is 9.62. The number of hydrogen-bond acceptors (Lipinski definition) is 4. The fourth-order valence-corrected chi connectivity index (χ4v) is 8.62. The van der Waals surface area contributed by atoms with Crippen LogP contribution in [0.25, 0.3) is 0 Å². The second kappa shape index (κ2) is 8.03. The van der Waals surface area contributed by atoms with Crippen molar-refractivity contribution in [2.24, 2.45) is 11.8 Å². The minimum atomic E-state index is -0.317. The molecule has 4 atom stereocenters. The first-order valence-corrected chi connectivity index (χ1v) is 15.1. The first-order valence-electron chi connectivity index (χ1n) is 15.1. The average molecular weight is 526 g/mol. The highest BCUT2D eigenvalue weighted by molar-refractivity contribution is 6.62. The summed E-state index contributed by atoms with van der Waals surface area (Å²) in [7, 11) is -0.599. The molecule has 0 amide bonds. The van der Waals surface area contributed by atoms with Crippen LogP contribution in [0.4, 0.5) is 0 Å². The molecule has 4 aliphatic carbocycles. The van der Waals surface area contributed by atoms with Crippen LogP contribution < -0.4 is 10.9 Å². The van der Waals surface area contributed by atoms with Crippen LogP contribution in [0.1, 0.15) is 98.6 Å². The maximum atomic E-state index is 6.33. The lowest BCUT2D eigenvalue weighted by Crippen LogP contribution is -2.41. The van der Waals surface area contributed by atoms with Crippen molar-refractivity contribution in [3.63, 3.8) is 0 Å². The van der Waals surface area contributed by atoms with Gasteiger partial charge in [-0.25, -0.2) is 0 Å². The van der Waals surface area contributed by atoms with E-state index in [1.54, 1.807) is 0 Å². The maximum Gasteiger partial charge on any atom is 0.494 e. The van der Waals surface area contributed by atoms with Gasteiger partial charge in [-0.3, -0.25) is 0 Å². The van der Waals surface area contributed by atoms with Crippen LogP contribution in [0, 0.1) is 11.8 Å². The smallest absolute Gasteiger partial charge is 0.399 e. The Labute approximate surface area is 235 Å². The summed E-state index contributed by atoms with van der Waals surface area (Å²) in [5.74, 6) is 1.59. The molecule has 0 radical (unpaired) electrons. The van der Waals surface area contributed by atoms with E-state index in [9.17, 15) is 0 Å². The molecule has 2 aromatic rings. The SMILES string of the molecule is CC1(C)OB(c2ccc(C34CC5CC(C3)C(c3ccc(B6OC(C)(C)C(C)(C)O6)cc3)(C5)C4)cc2)OC1(C)C. The van der Waals surface area contributed by atoms with E-state index < -0.39 is 0 Å². The second-order valence-electron chi connectivity index (χ2n) is 15.4. The summed E-state index contributed by atoms with van der Waals surface area (Å²) in [6.07, 6.45) is 6.60. The Morgan fingerprint density at radius 3 is 1.46 bits per heavy atom. The molecule has 2 heterocycles. The maximum absolute atomic E-state index is 6.33. The van der Waals surface area contributed by atoms with E-state index in [1.807, 2.05) is 0 Å². The molecule has 39 heavy (non-hydrogen) atoms. The van der Waals surface area contributed by atoms with E-state index in [-0.39, 0.29) is 42.1 Å². The molecule has 2 aromatic carbocycles. The van der Waals surface area contributed by atoms with Gasteiger partial charge >= 0.3 is 14.2 Å². The number of hydrogen-bond donors (Lipinski definition) is 0. The summed E-state index contributed by atoms with van der Waals surface area (Å²) in [6.45, 7) is 17.0. The summed E-state index contributed by atoms with van der Waals surface area (Å²) in [5, 5.41) is 0. The standard InChI is InChI=1S/C33H44B2O4/c1-28(2)29(3,4)37-34(36-28)26-13-9-23(10-14-26)32-18-22-17-25(20-32)33(19-22,21-32)24-11-15-27(16-12-24)35-38-30(5,6)31(7,8)39-35/h9-16,22,25H,17-21H2,1-8H3. The molecule has 4 unspecified atom stereocenters. The summed E-state index contributed by atoms with van der Waals surface area (Å²) >= 11 is 0. The Morgan fingerprint density at radius 2 is 1.00 bits per heavy atom. The Kier molecular flexibility index (Phi) is 5.42. The molecule has 0 spiro atoms. The van der Waals surface area contributed by atoms with Gasteiger partial charge in [0.25, 0.3) is 0 Å². The molecular weight excluding hydrogens is 482 g/mol. The van der Waals surface area contributed by atoms with Crippen LogP contribution in [0.3, 0.4) is 0 Å². The van der Waals surface area contributed by atoms with Crippen LogP contribution in [0.2, 0.25) is 0 Å². The number of rotatable bonds is 4. The minimum Gasteiger partial charge on any atom is -0.399 e. The largest absolute Gasteiger partial charge is 0.494 e. The van der Waals surface area contributed by atoms with E-state index in [0.29, 0.717) is 5.41 Å². The van der Waals surface area contributed by atoms with E-state index in [1.165, 1.54) is 43.2 Å². The number of benzene rings is 2. The molecule has 206 valence electrons. The van der Waals surface area contributed by atoms with Gasteiger partial charge in [-0.15, -0.1) is 0 Å². The van der Waals surface area contributed by atoms with Crippen molar-refractivity contribution in [1.29, 1.82) is 0 Å². The van der Waals surface area contributed by atoms with Crippen molar-refractivity contribution in [3.8, 4) is 0 Å². The summed E-state index contributed by atoms with van der Waals surface area (Å²) in [6, 6.07) is 18.6. The lowest BCUT2D eigenvalue weighted by molar-refractivity contribution is 0.00578. The van der Waals surface area contributed by atoms with Crippen LogP contribution >= 0.6 is 0 Å². The average Bonchev–Trinajstić information content (AvgIpc) is 3.43. The Bertz CT molecular complexity index is 1250. The third-order valence-electron chi connectivity index (χ3n) is 12.1. The van der Waals surface area contributed by atoms with Gasteiger partial charge in [0.05, 0.1) is 22.4 Å². The van der Waals surface area contributed by atoms with E-state index >= 15 is 0 Å². The lowest BCUT2D eigenvalue weighted by Gasteiger charge is -2.42. The predicted octanol–water partition coefficient (Wildman–Crippen LogP) is 5.68. The van der Waals surface area contributed by atoms with Crippen molar-refractivity contribution in [2.45, 2.75) is 121 Å². The quantitative estimate of drug-likeness (QED) is 0.481. The highest BCUT2D eigenvalue weighted by Gasteiger charge is 2.65. The van der Waals surface area contributed by atoms with Crippen molar-refractivity contribution >= 4 is 25.2 Å². The molecule has 2 saturated heterocycles.